The fraction of sp³-hybridized carbons (Fsp3) is 0.278. The van der Waals surface area contributed by atoms with Crippen LogP contribution in [0.5, 0.6) is 5.75 Å². The molecule has 0 bridgehead atoms. The van der Waals surface area contributed by atoms with Crippen molar-refractivity contribution in [3.8, 4) is 5.75 Å². The highest BCUT2D eigenvalue weighted by Gasteiger charge is 2.30. The van der Waals surface area contributed by atoms with E-state index in [0.717, 1.165) is 24.9 Å². The summed E-state index contributed by atoms with van der Waals surface area (Å²) >= 11 is 0. The maximum atomic E-state index is 11.5. The van der Waals surface area contributed by atoms with E-state index >= 15 is 0 Å². The maximum absolute atomic E-state index is 11.5. The number of ether oxygens (including phenoxy) is 1. The van der Waals surface area contributed by atoms with Gasteiger partial charge in [-0.1, -0.05) is 36.4 Å². The second-order valence-corrected chi connectivity index (χ2v) is 5.29. The minimum absolute atomic E-state index is 0.0679. The number of carbonyl (C=O) groups is 1. The highest BCUT2D eigenvalue weighted by Crippen LogP contribution is 2.40. The molecule has 0 amide bonds. The predicted octanol–water partition coefficient (Wildman–Crippen LogP) is 3.59. The number of hydrogen-bond acceptors (Lipinski definition) is 2. The van der Waals surface area contributed by atoms with Crippen LogP contribution in [0.2, 0.25) is 0 Å². The standard InChI is InChI=1S/C18H18O2/c1-20-16-10-8-14(9-11-16)18-15(12-19)7-6-13-4-2-3-5-17(13)18/h2-5,8-12,15,18H,6-7H2,1H3. The van der Waals surface area contributed by atoms with Crippen LogP contribution < -0.4 is 4.74 Å². The molecule has 0 saturated carbocycles. The molecule has 0 fully saturated rings. The number of hydrogen-bond donors (Lipinski definition) is 0. The van der Waals surface area contributed by atoms with Gasteiger partial charge in [0.1, 0.15) is 12.0 Å². The molecule has 1 aliphatic rings. The Balaban J connectivity index is 2.05. The number of carbonyl (C=O) groups excluding carboxylic acids is 1. The molecule has 2 aromatic carbocycles. The third kappa shape index (κ3) is 2.22. The van der Waals surface area contributed by atoms with Gasteiger partial charge in [-0.15, -0.1) is 0 Å². The molecule has 0 heterocycles. The summed E-state index contributed by atoms with van der Waals surface area (Å²) in [7, 11) is 1.67. The van der Waals surface area contributed by atoms with Crippen LogP contribution in [-0.4, -0.2) is 13.4 Å². The summed E-state index contributed by atoms with van der Waals surface area (Å²) in [5.41, 5.74) is 3.85. The minimum Gasteiger partial charge on any atom is -0.497 e. The van der Waals surface area contributed by atoms with Crippen molar-refractivity contribution in [3.63, 3.8) is 0 Å². The average molecular weight is 266 g/mol. The topological polar surface area (TPSA) is 26.3 Å². The molecule has 0 spiro atoms. The van der Waals surface area contributed by atoms with E-state index in [1.807, 2.05) is 12.1 Å². The Morgan fingerprint density at radius 3 is 2.55 bits per heavy atom. The third-order valence-corrected chi connectivity index (χ3v) is 4.22. The molecule has 2 nitrogen and oxygen atoms in total. The molecular formula is C18H18O2. The van der Waals surface area contributed by atoms with Crippen molar-refractivity contribution in [2.75, 3.05) is 7.11 Å². The van der Waals surface area contributed by atoms with Gasteiger partial charge in [0.15, 0.2) is 0 Å². The Kier molecular flexibility index (Phi) is 3.55. The van der Waals surface area contributed by atoms with Crippen LogP contribution in [-0.2, 0) is 11.2 Å². The molecule has 2 unspecified atom stereocenters. The van der Waals surface area contributed by atoms with Crippen LogP contribution in [0.3, 0.4) is 0 Å². The molecule has 2 aromatic rings. The van der Waals surface area contributed by atoms with Crippen LogP contribution in [0, 0.1) is 5.92 Å². The minimum atomic E-state index is 0.0679. The lowest BCUT2D eigenvalue weighted by atomic mass is 9.72. The van der Waals surface area contributed by atoms with Crippen LogP contribution in [0.4, 0.5) is 0 Å². The first-order chi connectivity index (χ1) is 9.83. The summed E-state index contributed by atoms with van der Waals surface area (Å²) in [5, 5.41) is 0. The number of aryl methyl sites for hydroxylation is 1. The van der Waals surface area contributed by atoms with E-state index in [1.54, 1.807) is 7.11 Å². The van der Waals surface area contributed by atoms with Crippen LogP contribution in [0.1, 0.15) is 29.0 Å². The molecule has 1 aliphatic carbocycles. The van der Waals surface area contributed by atoms with E-state index in [2.05, 4.69) is 36.4 Å². The Morgan fingerprint density at radius 1 is 1.10 bits per heavy atom. The van der Waals surface area contributed by atoms with Crippen molar-refractivity contribution in [1.82, 2.24) is 0 Å². The molecule has 0 saturated heterocycles. The first kappa shape index (κ1) is 12.9. The summed E-state index contributed by atoms with van der Waals surface area (Å²) in [6.07, 6.45) is 3.04. The normalized spacial score (nSPS) is 21.1. The zero-order valence-electron chi connectivity index (χ0n) is 11.6. The van der Waals surface area contributed by atoms with E-state index in [9.17, 15) is 4.79 Å². The third-order valence-electron chi connectivity index (χ3n) is 4.22. The Morgan fingerprint density at radius 2 is 1.85 bits per heavy atom. The van der Waals surface area contributed by atoms with E-state index < -0.39 is 0 Å². The maximum Gasteiger partial charge on any atom is 0.124 e. The van der Waals surface area contributed by atoms with Gasteiger partial charge in [-0.3, -0.25) is 0 Å². The van der Waals surface area contributed by atoms with E-state index in [1.165, 1.54) is 16.7 Å². The molecule has 2 heteroatoms. The van der Waals surface area contributed by atoms with Gasteiger partial charge < -0.3 is 9.53 Å². The van der Waals surface area contributed by atoms with Crippen LogP contribution in [0.25, 0.3) is 0 Å². The second-order valence-electron chi connectivity index (χ2n) is 5.29. The molecule has 2 atom stereocenters. The molecule has 102 valence electrons. The van der Waals surface area contributed by atoms with Crippen LogP contribution >= 0.6 is 0 Å². The van der Waals surface area contributed by atoms with Gasteiger partial charge >= 0.3 is 0 Å². The van der Waals surface area contributed by atoms with Gasteiger partial charge in [-0.25, -0.2) is 0 Å². The smallest absolute Gasteiger partial charge is 0.124 e. The molecule has 0 radical (unpaired) electrons. The SMILES string of the molecule is COc1ccc(C2c3ccccc3CCC2C=O)cc1. The Bertz CT molecular complexity index is 601. The number of aldehydes is 1. The second kappa shape index (κ2) is 5.49. The number of rotatable bonds is 3. The summed E-state index contributed by atoms with van der Waals surface area (Å²) in [5.74, 6) is 1.09. The molecule has 20 heavy (non-hydrogen) atoms. The van der Waals surface area contributed by atoms with Gasteiger partial charge in [0.25, 0.3) is 0 Å². The van der Waals surface area contributed by atoms with E-state index in [4.69, 9.17) is 4.74 Å². The fourth-order valence-corrected chi connectivity index (χ4v) is 3.17. The molecule has 0 aliphatic heterocycles. The fourth-order valence-electron chi connectivity index (χ4n) is 3.17. The molecule has 0 aromatic heterocycles. The predicted molar refractivity (Wildman–Crippen MR) is 79.2 cm³/mol. The largest absolute Gasteiger partial charge is 0.497 e. The van der Waals surface area contributed by atoms with Crippen molar-refractivity contribution < 1.29 is 9.53 Å². The quantitative estimate of drug-likeness (QED) is 0.794. The number of benzene rings is 2. The van der Waals surface area contributed by atoms with Crippen molar-refractivity contribution >= 4 is 6.29 Å². The summed E-state index contributed by atoms with van der Waals surface area (Å²) in [4.78, 5) is 11.5. The van der Waals surface area contributed by atoms with Gasteiger partial charge in [0, 0.05) is 11.8 Å². The zero-order chi connectivity index (χ0) is 13.9. The van der Waals surface area contributed by atoms with E-state index in [-0.39, 0.29) is 11.8 Å². The lowest BCUT2D eigenvalue weighted by Crippen LogP contribution is -2.22. The molecular weight excluding hydrogens is 248 g/mol. The number of fused-ring (bicyclic) bond motifs is 1. The summed E-state index contributed by atoms with van der Waals surface area (Å²) < 4.78 is 5.21. The van der Waals surface area contributed by atoms with E-state index in [0.29, 0.717) is 0 Å². The van der Waals surface area contributed by atoms with Crippen molar-refractivity contribution in [2.45, 2.75) is 18.8 Å². The summed E-state index contributed by atoms with van der Waals surface area (Å²) in [6, 6.07) is 16.5. The molecule has 3 rings (SSSR count). The Hall–Kier alpha value is -2.09. The Labute approximate surface area is 119 Å². The first-order valence-corrected chi connectivity index (χ1v) is 7.00. The average Bonchev–Trinajstić information content (AvgIpc) is 2.54. The van der Waals surface area contributed by atoms with Gasteiger partial charge in [0.2, 0.25) is 0 Å². The lowest BCUT2D eigenvalue weighted by Gasteiger charge is -2.31. The van der Waals surface area contributed by atoms with Crippen LogP contribution in [0.15, 0.2) is 48.5 Å². The zero-order valence-corrected chi connectivity index (χ0v) is 11.6. The lowest BCUT2D eigenvalue weighted by molar-refractivity contribution is -0.111. The van der Waals surface area contributed by atoms with Gasteiger partial charge in [-0.05, 0) is 41.7 Å². The highest BCUT2D eigenvalue weighted by molar-refractivity contribution is 5.60. The first-order valence-electron chi connectivity index (χ1n) is 7.00. The van der Waals surface area contributed by atoms with Gasteiger partial charge in [0.05, 0.1) is 7.11 Å². The molecule has 0 N–H and O–H groups in total. The van der Waals surface area contributed by atoms with Crippen molar-refractivity contribution in [2.24, 2.45) is 5.92 Å². The highest BCUT2D eigenvalue weighted by atomic mass is 16.5. The van der Waals surface area contributed by atoms with Gasteiger partial charge in [-0.2, -0.15) is 0 Å². The number of methoxy groups -OCH3 is 1. The van der Waals surface area contributed by atoms with Crippen molar-refractivity contribution in [1.29, 1.82) is 0 Å². The monoisotopic (exact) mass is 266 g/mol. The van der Waals surface area contributed by atoms with Crippen molar-refractivity contribution in [3.05, 3.63) is 65.2 Å². The summed E-state index contributed by atoms with van der Waals surface area (Å²) in [6.45, 7) is 0.